The molecule has 152 valence electrons. The van der Waals surface area contributed by atoms with E-state index in [1.165, 1.54) is 6.33 Å². The molecular weight excluding hydrogens is 414 g/mol. The summed E-state index contributed by atoms with van der Waals surface area (Å²) in [6.07, 6.45) is 3.15. The first-order valence-corrected chi connectivity index (χ1v) is 9.86. The van der Waals surface area contributed by atoms with Crippen molar-refractivity contribution in [1.29, 1.82) is 0 Å². The third-order valence-corrected chi connectivity index (χ3v) is 4.98. The first-order chi connectivity index (χ1) is 15.1. The molecule has 0 aliphatic heterocycles. The molecule has 0 atom stereocenters. The van der Waals surface area contributed by atoms with Gasteiger partial charge in [-0.05, 0) is 43.3 Å². The van der Waals surface area contributed by atoms with Crippen LogP contribution in [0.4, 0.5) is 5.82 Å². The molecule has 0 radical (unpaired) electrons. The van der Waals surface area contributed by atoms with Gasteiger partial charge in [-0.1, -0.05) is 29.8 Å². The van der Waals surface area contributed by atoms with E-state index in [4.69, 9.17) is 11.6 Å². The Bertz CT molecular complexity index is 1390. The van der Waals surface area contributed by atoms with E-state index in [1.807, 2.05) is 37.3 Å². The maximum Gasteiger partial charge on any atom is 0.256 e. The Morgan fingerprint density at radius 1 is 1.00 bits per heavy atom. The largest absolute Gasteiger partial charge is 0.306 e. The Morgan fingerprint density at radius 2 is 1.77 bits per heavy atom. The lowest BCUT2D eigenvalue weighted by Crippen LogP contribution is -2.15. The Balaban J connectivity index is 1.56. The number of nitrogens with one attached hydrogen (secondary N) is 1. The lowest BCUT2D eigenvalue weighted by atomic mass is 10.2. The van der Waals surface area contributed by atoms with Gasteiger partial charge in [-0.3, -0.25) is 4.79 Å². The molecule has 0 bridgehead atoms. The number of hydrogen-bond donors (Lipinski definition) is 1. The monoisotopic (exact) mass is 429 g/mol. The zero-order valence-electron chi connectivity index (χ0n) is 16.4. The number of halogens is 1. The first-order valence-electron chi connectivity index (χ1n) is 9.48. The topological polar surface area (TPSA) is 90.5 Å². The van der Waals surface area contributed by atoms with E-state index >= 15 is 0 Å². The molecule has 5 aromatic rings. The second-order valence-corrected chi connectivity index (χ2v) is 7.31. The minimum absolute atomic E-state index is 0.275. The number of benzene rings is 2. The van der Waals surface area contributed by atoms with Gasteiger partial charge in [0.1, 0.15) is 12.1 Å². The van der Waals surface area contributed by atoms with E-state index in [9.17, 15) is 4.79 Å². The molecule has 0 saturated carbocycles. The molecule has 1 amide bonds. The van der Waals surface area contributed by atoms with E-state index < -0.39 is 0 Å². The number of carbonyl (C=O) groups is 1. The molecular formula is C22H16ClN7O. The molecule has 8 nitrogen and oxygen atoms in total. The zero-order chi connectivity index (χ0) is 21.4. The predicted molar refractivity (Wildman–Crippen MR) is 118 cm³/mol. The molecule has 0 aliphatic rings. The van der Waals surface area contributed by atoms with Crippen molar-refractivity contribution in [2.75, 3.05) is 5.32 Å². The highest BCUT2D eigenvalue weighted by molar-refractivity contribution is 6.30. The fraction of sp³-hybridized carbons (Fsp3) is 0.0455. The lowest BCUT2D eigenvalue weighted by molar-refractivity contribution is 0.102. The van der Waals surface area contributed by atoms with Gasteiger partial charge in [0, 0.05) is 16.7 Å². The molecule has 3 heterocycles. The quantitative estimate of drug-likeness (QED) is 0.462. The third-order valence-electron chi connectivity index (χ3n) is 4.73. The molecule has 0 spiro atoms. The molecule has 0 unspecified atom stereocenters. The Hall–Kier alpha value is -4.04. The summed E-state index contributed by atoms with van der Waals surface area (Å²) in [6.45, 7) is 1.85. The van der Waals surface area contributed by atoms with Crippen molar-refractivity contribution in [3.05, 3.63) is 89.5 Å². The van der Waals surface area contributed by atoms with Crippen molar-refractivity contribution in [3.63, 3.8) is 0 Å². The fourth-order valence-electron chi connectivity index (χ4n) is 3.30. The second kappa shape index (κ2) is 7.66. The van der Waals surface area contributed by atoms with Gasteiger partial charge in [-0.2, -0.15) is 14.9 Å². The van der Waals surface area contributed by atoms with Crippen LogP contribution in [0.2, 0.25) is 5.02 Å². The third kappa shape index (κ3) is 3.53. The highest BCUT2D eigenvalue weighted by atomic mass is 35.5. The van der Waals surface area contributed by atoms with Crippen LogP contribution in [0.15, 0.2) is 73.2 Å². The number of para-hydroxylation sites is 1. The number of aryl methyl sites for hydroxylation is 1. The molecule has 1 N–H and O–H groups in total. The molecule has 0 saturated heterocycles. The summed E-state index contributed by atoms with van der Waals surface area (Å²) in [5.74, 6) is 0.736. The molecule has 5 rings (SSSR count). The molecule has 9 heteroatoms. The van der Waals surface area contributed by atoms with E-state index in [1.54, 1.807) is 45.9 Å². The Kier molecular flexibility index (Phi) is 4.68. The summed E-state index contributed by atoms with van der Waals surface area (Å²) in [7, 11) is 0. The van der Waals surface area contributed by atoms with Crippen molar-refractivity contribution < 1.29 is 4.79 Å². The maximum absolute atomic E-state index is 12.7. The zero-order valence-corrected chi connectivity index (χ0v) is 17.2. The van der Waals surface area contributed by atoms with E-state index in [2.05, 4.69) is 25.5 Å². The average molecular weight is 430 g/mol. The number of fused-ring (bicyclic) bond motifs is 1. The van der Waals surface area contributed by atoms with Crippen LogP contribution in [0.25, 0.3) is 22.5 Å². The molecule has 2 aromatic carbocycles. The van der Waals surface area contributed by atoms with Gasteiger partial charge in [0.2, 0.25) is 0 Å². The normalized spacial score (nSPS) is 11.0. The van der Waals surface area contributed by atoms with E-state index in [-0.39, 0.29) is 5.91 Å². The van der Waals surface area contributed by atoms with Crippen LogP contribution < -0.4 is 5.32 Å². The number of amides is 1. The number of carbonyl (C=O) groups excluding carboxylic acids is 1. The van der Waals surface area contributed by atoms with Gasteiger partial charge in [0.05, 0.1) is 23.0 Å². The number of rotatable bonds is 4. The predicted octanol–water partition coefficient (Wildman–Crippen LogP) is 4.22. The van der Waals surface area contributed by atoms with Crippen LogP contribution in [-0.2, 0) is 0 Å². The van der Waals surface area contributed by atoms with Crippen molar-refractivity contribution in [3.8, 4) is 11.5 Å². The summed E-state index contributed by atoms with van der Waals surface area (Å²) in [5.41, 5.74) is 2.74. The van der Waals surface area contributed by atoms with Gasteiger partial charge < -0.3 is 5.32 Å². The molecule has 0 fully saturated rings. The van der Waals surface area contributed by atoms with E-state index in [0.29, 0.717) is 33.3 Å². The molecule has 31 heavy (non-hydrogen) atoms. The maximum atomic E-state index is 12.7. The van der Waals surface area contributed by atoms with Crippen molar-refractivity contribution in [1.82, 2.24) is 29.5 Å². The summed E-state index contributed by atoms with van der Waals surface area (Å²) >= 11 is 5.92. The van der Waals surface area contributed by atoms with Crippen LogP contribution in [0.3, 0.4) is 0 Å². The van der Waals surface area contributed by atoms with Crippen LogP contribution in [0.5, 0.6) is 0 Å². The SMILES string of the molecule is Cc1cc(NC(=O)c2ccc(Cl)cc2)n(-c2ncnc3c2cnn3-c2ccccc2)n1. The van der Waals surface area contributed by atoms with Crippen LogP contribution >= 0.6 is 11.6 Å². The van der Waals surface area contributed by atoms with Crippen LogP contribution in [-0.4, -0.2) is 35.4 Å². The van der Waals surface area contributed by atoms with Crippen molar-refractivity contribution >= 4 is 34.4 Å². The average Bonchev–Trinajstić information content (AvgIpc) is 3.38. The Morgan fingerprint density at radius 3 is 2.55 bits per heavy atom. The number of aromatic nitrogens is 6. The lowest BCUT2D eigenvalue weighted by Gasteiger charge is -2.09. The summed E-state index contributed by atoms with van der Waals surface area (Å²) < 4.78 is 3.33. The van der Waals surface area contributed by atoms with Crippen molar-refractivity contribution in [2.24, 2.45) is 0 Å². The number of nitrogens with zero attached hydrogens (tertiary/aromatic N) is 6. The minimum atomic E-state index is -0.275. The van der Waals surface area contributed by atoms with Crippen molar-refractivity contribution in [2.45, 2.75) is 6.92 Å². The highest BCUT2D eigenvalue weighted by Crippen LogP contribution is 2.24. The summed E-state index contributed by atoms with van der Waals surface area (Å²) in [6, 6.07) is 18.2. The van der Waals surface area contributed by atoms with Gasteiger partial charge >= 0.3 is 0 Å². The smallest absolute Gasteiger partial charge is 0.256 e. The van der Waals surface area contributed by atoms with E-state index in [0.717, 1.165) is 11.4 Å². The fourth-order valence-corrected chi connectivity index (χ4v) is 3.42. The van der Waals surface area contributed by atoms with Crippen LogP contribution in [0, 0.1) is 6.92 Å². The summed E-state index contributed by atoms with van der Waals surface area (Å²) in [5, 5.41) is 13.2. The summed E-state index contributed by atoms with van der Waals surface area (Å²) in [4.78, 5) is 21.5. The van der Waals surface area contributed by atoms with Gasteiger partial charge in [-0.15, -0.1) is 0 Å². The first kappa shape index (κ1) is 19.0. The molecule has 3 aromatic heterocycles. The second-order valence-electron chi connectivity index (χ2n) is 6.87. The standard InChI is InChI=1S/C22H16ClN7O/c1-14-11-19(27-22(31)15-7-9-16(23)10-8-15)30(28-14)21-18-12-26-29(20(18)24-13-25-21)17-5-3-2-4-6-17/h2-13H,1H3,(H,27,31). The van der Waals surface area contributed by atoms with Gasteiger partial charge in [0.25, 0.3) is 5.91 Å². The van der Waals surface area contributed by atoms with Gasteiger partial charge in [0.15, 0.2) is 11.5 Å². The van der Waals surface area contributed by atoms with Gasteiger partial charge in [-0.25, -0.2) is 14.6 Å². The van der Waals surface area contributed by atoms with Crippen LogP contribution in [0.1, 0.15) is 16.1 Å². The highest BCUT2D eigenvalue weighted by Gasteiger charge is 2.18. The number of anilines is 1. The number of hydrogen-bond acceptors (Lipinski definition) is 5. The minimum Gasteiger partial charge on any atom is -0.306 e. The Labute approximate surface area is 182 Å². The molecule has 0 aliphatic carbocycles.